The zero-order valence-electron chi connectivity index (χ0n) is 11.6. The molecule has 0 saturated carbocycles. The van der Waals surface area contributed by atoms with Gasteiger partial charge >= 0.3 is 0 Å². The Morgan fingerprint density at radius 2 is 1.95 bits per heavy atom. The Labute approximate surface area is 131 Å². The molecular formula is C15H11ClN4O2. The summed E-state index contributed by atoms with van der Waals surface area (Å²) in [7, 11) is 1.63. The number of anilines is 1. The normalized spacial score (nSPS) is 10.5. The molecule has 0 spiro atoms. The zero-order chi connectivity index (χ0) is 15.5. The minimum atomic E-state index is -0.294. The van der Waals surface area contributed by atoms with Crippen molar-refractivity contribution in [3.8, 4) is 11.5 Å². The molecule has 0 aliphatic heterocycles. The summed E-state index contributed by atoms with van der Waals surface area (Å²) in [5.41, 5.74) is 1.58. The lowest BCUT2D eigenvalue weighted by atomic mass is 10.2. The van der Waals surface area contributed by atoms with Crippen molar-refractivity contribution >= 4 is 23.2 Å². The van der Waals surface area contributed by atoms with E-state index in [2.05, 4.69) is 15.2 Å². The Bertz CT molecular complexity index is 787. The van der Waals surface area contributed by atoms with E-state index in [9.17, 15) is 4.79 Å². The fourth-order valence-electron chi connectivity index (χ4n) is 1.87. The van der Waals surface area contributed by atoms with Gasteiger partial charge in [0.15, 0.2) is 5.69 Å². The van der Waals surface area contributed by atoms with Gasteiger partial charge in [-0.2, -0.15) is 10.2 Å². The minimum Gasteiger partial charge on any atom is -0.444 e. The van der Waals surface area contributed by atoms with E-state index in [1.54, 1.807) is 37.4 Å². The number of carbonyl (C=O) groups is 1. The molecule has 7 heteroatoms. The van der Waals surface area contributed by atoms with Gasteiger partial charge in [0.25, 0.3) is 5.91 Å². The molecule has 0 radical (unpaired) electrons. The van der Waals surface area contributed by atoms with Crippen LogP contribution in [0.25, 0.3) is 11.5 Å². The second kappa shape index (κ2) is 5.95. The molecular weight excluding hydrogens is 304 g/mol. The summed E-state index contributed by atoms with van der Waals surface area (Å²) < 4.78 is 5.37. The number of oxazole rings is 1. The van der Waals surface area contributed by atoms with E-state index in [1.165, 1.54) is 23.6 Å². The summed E-state index contributed by atoms with van der Waals surface area (Å²) in [6.45, 7) is 0. The highest BCUT2D eigenvalue weighted by molar-refractivity contribution is 6.30. The van der Waals surface area contributed by atoms with Gasteiger partial charge in [0.05, 0.1) is 18.1 Å². The number of benzene rings is 1. The lowest BCUT2D eigenvalue weighted by molar-refractivity contribution is 0.0988. The number of amides is 1. The molecule has 0 atom stereocenters. The standard InChI is InChI=1S/C15H11ClN4O2/c1-20(12-6-7-17-18-8-12)15(21)13-9-22-14(19-13)10-2-4-11(16)5-3-10/h2-9H,1H3. The number of carbonyl (C=O) groups excluding carboxylic acids is 1. The largest absolute Gasteiger partial charge is 0.444 e. The number of rotatable bonds is 3. The number of halogens is 1. The van der Waals surface area contributed by atoms with Gasteiger partial charge in [0, 0.05) is 17.6 Å². The molecule has 0 N–H and O–H groups in total. The Hall–Kier alpha value is -2.73. The molecule has 1 amide bonds. The molecule has 110 valence electrons. The van der Waals surface area contributed by atoms with E-state index in [-0.39, 0.29) is 11.6 Å². The third-order valence-corrected chi connectivity index (χ3v) is 3.33. The van der Waals surface area contributed by atoms with Gasteiger partial charge in [-0.05, 0) is 30.3 Å². The lowest BCUT2D eigenvalue weighted by Gasteiger charge is -2.14. The number of nitrogens with zero attached hydrogens (tertiary/aromatic N) is 4. The van der Waals surface area contributed by atoms with Crippen LogP contribution in [0.5, 0.6) is 0 Å². The molecule has 0 bridgehead atoms. The fourth-order valence-corrected chi connectivity index (χ4v) is 1.99. The second-order valence-electron chi connectivity index (χ2n) is 4.51. The second-order valence-corrected chi connectivity index (χ2v) is 4.95. The van der Waals surface area contributed by atoms with E-state index in [0.717, 1.165) is 5.56 Å². The van der Waals surface area contributed by atoms with E-state index >= 15 is 0 Å². The maximum absolute atomic E-state index is 12.4. The summed E-state index contributed by atoms with van der Waals surface area (Å²) in [4.78, 5) is 18.0. The van der Waals surface area contributed by atoms with Gasteiger partial charge in [0.1, 0.15) is 6.26 Å². The van der Waals surface area contributed by atoms with Crippen molar-refractivity contribution in [1.29, 1.82) is 0 Å². The summed E-state index contributed by atoms with van der Waals surface area (Å²) >= 11 is 5.84. The molecule has 22 heavy (non-hydrogen) atoms. The number of hydrogen-bond donors (Lipinski definition) is 0. The van der Waals surface area contributed by atoms with Crippen LogP contribution in [0.2, 0.25) is 5.02 Å². The first-order valence-electron chi connectivity index (χ1n) is 6.41. The Morgan fingerprint density at radius 1 is 1.18 bits per heavy atom. The maximum atomic E-state index is 12.4. The van der Waals surface area contributed by atoms with E-state index in [0.29, 0.717) is 16.6 Å². The van der Waals surface area contributed by atoms with Crippen molar-refractivity contribution < 1.29 is 9.21 Å². The van der Waals surface area contributed by atoms with Crippen LogP contribution in [0.4, 0.5) is 5.69 Å². The van der Waals surface area contributed by atoms with Gasteiger partial charge in [-0.25, -0.2) is 4.98 Å². The zero-order valence-corrected chi connectivity index (χ0v) is 12.4. The number of aromatic nitrogens is 3. The first-order valence-corrected chi connectivity index (χ1v) is 6.79. The molecule has 0 unspecified atom stereocenters. The molecule has 2 heterocycles. The molecule has 0 aliphatic carbocycles. The van der Waals surface area contributed by atoms with Crippen molar-refractivity contribution in [2.24, 2.45) is 0 Å². The fraction of sp³-hybridized carbons (Fsp3) is 0.0667. The predicted octanol–water partition coefficient (Wildman–Crippen LogP) is 3.06. The third-order valence-electron chi connectivity index (χ3n) is 3.08. The number of hydrogen-bond acceptors (Lipinski definition) is 5. The summed E-state index contributed by atoms with van der Waals surface area (Å²) in [6.07, 6.45) is 4.34. The highest BCUT2D eigenvalue weighted by atomic mass is 35.5. The minimum absolute atomic E-state index is 0.212. The molecule has 0 saturated heterocycles. The van der Waals surface area contributed by atoms with Crippen molar-refractivity contribution in [2.45, 2.75) is 0 Å². The van der Waals surface area contributed by atoms with Crippen molar-refractivity contribution in [2.75, 3.05) is 11.9 Å². The highest BCUT2D eigenvalue weighted by Gasteiger charge is 2.18. The van der Waals surface area contributed by atoms with Crippen LogP contribution >= 0.6 is 11.6 Å². The van der Waals surface area contributed by atoms with Crippen LogP contribution in [0.3, 0.4) is 0 Å². The van der Waals surface area contributed by atoms with Gasteiger partial charge in [-0.1, -0.05) is 11.6 Å². The van der Waals surface area contributed by atoms with Gasteiger partial charge in [0.2, 0.25) is 5.89 Å². The molecule has 2 aromatic heterocycles. The maximum Gasteiger partial charge on any atom is 0.280 e. The smallest absolute Gasteiger partial charge is 0.280 e. The van der Waals surface area contributed by atoms with Crippen LogP contribution in [-0.4, -0.2) is 28.1 Å². The first kappa shape index (κ1) is 14.2. The van der Waals surface area contributed by atoms with Gasteiger partial charge in [-0.15, -0.1) is 0 Å². The third kappa shape index (κ3) is 2.82. The Morgan fingerprint density at radius 3 is 2.64 bits per heavy atom. The van der Waals surface area contributed by atoms with E-state index in [4.69, 9.17) is 16.0 Å². The summed E-state index contributed by atoms with van der Waals surface area (Å²) in [6, 6.07) is 8.71. The Kier molecular flexibility index (Phi) is 3.84. The van der Waals surface area contributed by atoms with Crippen LogP contribution in [0.1, 0.15) is 10.5 Å². The monoisotopic (exact) mass is 314 g/mol. The van der Waals surface area contributed by atoms with E-state index < -0.39 is 0 Å². The topological polar surface area (TPSA) is 72.1 Å². The summed E-state index contributed by atoms with van der Waals surface area (Å²) in [5, 5.41) is 8.04. The van der Waals surface area contributed by atoms with Crippen molar-refractivity contribution in [3.05, 3.63) is 59.7 Å². The molecule has 3 aromatic rings. The lowest BCUT2D eigenvalue weighted by Crippen LogP contribution is -2.26. The van der Waals surface area contributed by atoms with E-state index in [1.807, 2.05) is 0 Å². The summed E-state index contributed by atoms with van der Waals surface area (Å²) in [5.74, 6) is 0.0678. The molecule has 0 aliphatic rings. The van der Waals surface area contributed by atoms with Crippen molar-refractivity contribution in [1.82, 2.24) is 15.2 Å². The predicted molar refractivity (Wildman–Crippen MR) is 81.7 cm³/mol. The van der Waals surface area contributed by atoms with Crippen LogP contribution < -0.4 is 4.90 Å². The molecule has 1 aromatic carbocycles. The molecule has 6 nitrogen and oxygen atoms in total. The quantitative estimate of drug-likeness (QED) is 0.743. The molecule has 0 fully saturated rings. The van der Waals surface area contributed by atoms with Crippen LogP contribution in [-0.2, 0) is 0 Å². The van der Waals surface area contributed by atoms with Gasteiger partial charge in [-0.3, -0.25) is 4.79 Å². The average molecular weight is 315 g/mol. The SMILES string of the molecule is CN(C(=O)c1coc(-c2ccc(Cl)cc2)n1)c1ccnnc1. The van der Waals surface area contributed by atoms with Crippen LogP contribution in [0, 0.1) is 0 Å². The average Bonchev–Trinajstić information content (AvgIpc) is 3.05. The van der Waals surface area contributed by atoms with Crippen LogP contribution in [0.15, 0.2) is 53.4 Å². The molecule has 3 rings (SSSR count). The Balaban J connectivity index is 1.84. The highest BCUT2D eigenvalue weighted by Crippen LogP contribution is 2.22. The first-order chi connectivity index (χ1) is 10.6. The van der Waals surface area contributed by atoms with Crippen molar-refractivity contribution in [3.63, 3.8) is 0 Å². The van der Waals surface area contributed by atoms with Gasteiger partial charge < -0.3 is 9.32 Å².